The quantitative estimate of drug-likeness (QED) is 0.399. The lowest BCUT2D eigenvalue weighted by molar-refractivity contribution is 0.0793. The molecule has 0 aliphatic heterocycles. The topological polar surface area (TPSA) is 87.7 Å². The van der Waals surface area contributed by atoms with Crippen molar-refractivity contribution in [2.75, 3.05) is 11.1 Å². The molecule has 0 bridgehead atoms. The smallest absolute Gasteiger partial charge is 0.255 e. The molecule has 1 aliphatic carbocycles. The summed E-state index contributed by atoms with van der Waals surface area (Å²) >= 11 is 12.0. The molecule has 0 heterocycles. The SMILES string of the molecule is CC(C)(O)c1cc(N)c(C=NC2CCCCC2)cc1NC(=O)c1ccc(Cl)c(Cl)c1. The van der Waals surface area contributed by atoms with Gasteiger partial charge in [0.15, 0.2) is 0 Å². The van der Waals surface area contributed by atoms with Crippen LogP contribution < -0.4 is 11.1 Å². The van der Waals surface area contributed by atoms with Crippen LogP contribution >= 0.6 is 23.2 Å². The lowest BCUT2D eigenvalue weighted by Gasteiger charge is -2.23. The number of aliphatic hydroxyl groups is 1. The van der Waals surface area contributed by atoms with Crippen molar-refractivity contribution in [3.8, 4) is 0 Å². The van der Waals surface area contributed by atoms with E-state index in [2.05, 4.69) is 5.32 Å². The van der Waals surface area contributed by atoms with Crippen LogP contribution in [0.3, 0.4) is 0 Å². The molecule has 1 aliphatic rings. The molecule has 160 valence electrons. The van der Waals surface area contributed by atoms with Gasteiger partial charge in [0.1, 0.15) is 0 Å². The maximum Gasteiger partial charge on any atom is 0.255 e. The van der Waals surface area contributed by atoms with E-state index < -0.39 is 5.60 Å². The van der Waals surface area contributed by atoms with Gasteiger partial charge in [-0.15, -0.1) is 0 Å². The summed E-state index contributed by atoms with van der Waals surface area (Å²) in [6.45, 7) is 3.29. The third-order valence-electron chi connectivity index (χ3n) is 5.31. The van der Waals surface area contributed by atoms with Gasteiger partial charge in [0.05, 0.1) is 15.6 Å². The van der Waals surface area contributed by atoms with E-state index in [0.717, 1.165) is 12.8 Å². The number of aliphatic imine (C=N–C) groups is 1. The molecular formula is C23H27Cl2N3O2. The standard InChI is InChI=1S/C23H27Cl2N3O2/c1-23(2,30)17-12-20(26)15(13-27-16-6-4-3-5-7-16)11-21(17)28-22(29)14-8-9-18(24)19(25)10-14/h8-13,16,30H,3-7,26H2,1-2H3,(H,28,29). The molecule has 0 unspecified atom stereocenters. The Morgan fingerprint density at radius 2 is 1.87 bits per heavy atom. The first-order valence-corrected chi connectivity index (χ1v) is 10.9. The molecular weight excluding hydrogens is 421 g/mol. The average molecular weight is 448 g/mol. The van der Waals surface area contributed by atoms with E-state index in [4.69, 9.17) is 33.9 Å². The van der Waals surface area contributed by atoms with Gasteiger partial charge in [-0.25, -0.2) is 0 Å². The summed E-state index contributed by atoms with van der Waals surface area (Å²) in [6.07, 6.45) is 7.59. The van der Waals surface area contributed by atoms with Crippen molar-refractivity contribution in [2.45, 2.75) is 57.6 Å². The zero-order chi connectivity index (χ0) is 21.9. The second-order valence-electron chi connectivity index (χ2n) is 8.24. The number of nitrogen functional groups attached to an aromatic ring is 1. The van der Waals surface area contributed by atoms with Gasteiger partial charge >= 0.3 is 0 Å². The van der Waals surface area contributed by atoms with Crippen molar-refractivity contribution in [1.29, 1.82) is 0 Å². The molecule has 0 saturated heterocycles. The Kier molecular flexibility index (Phi) is 7.06. The van der Waals surface area contributed by atoms with Crippen LogP contribution in [0, 0.1) is 0 Å². The number of rotatable bonds is 5. The van der Waals surface area contributed by atoms with Crippen LogP contribution in [-0.2, 0) is 5.60 Å². The van der Waals surface area contributed by atoms with Crippen LogP contribution in [0.25, 0.3) is 0 Å². The highest BCUT2D eigenvalue weighted by Gasteiger charge is 2.23. The molecule has 0 radical (unpaired) electrons. The number of benzene rings is 2. The fourth-order valence-corrected chi connectivity index (χ4v) is 3.90. The Morgan fingerprint density at radius 3 is 2.50 bits per heavy atom. The Balaban J connectivity index is 1.92. The van der Waals surface area contributed by atoms with Gasteiger partial charge in [0.25, 0.3) is 5.91 Å². The van der Waals surface area contributed by atoms with Gasteiger partial charge in [-0.1, -0.05) is 42.5 Å². The number of hydrogen-bond donors (Lipinski definition) is 3. The first-order valence-electron chi connectivity index (χ1n) is 10.1. The van der Waals surface area contributed by atoms with Crippen LogP contribution in [-0.4, -0.2) is 23.3 Å². The van der Waals surface area contributed by atoms with Crippen LogP contribution in [0.1, 0.15) is 67.4 Å². The fourth-order valence-electron chi connectivity index (χ4n) is 3.60. The average Bonchev–Trinajstić information content (AvgIpc) is 2.70. The summed E-state index contributed by atoms with van der Waals surface area (Å²) in [4.78, 5) is 17.5. The third kappa shape index (κ3) is 5.54. The van der Waals surface area contributed by atoms with E-state index in [-0.39, 0.29) is 5.91 Å². The van der Waals surface area contributed by atoms with Crippen LogP contribution in [0.4, 0.5) is 11.4 Å². The van der Waals surface area contributed by atoms with E-state index in [1.807, 2.05) is 0 Å². The monoisotopic (exact) mass is 447 g/mol. The summed E-state index contributed by atoms with van der Waals surface area (Å²) in [5, 5.41) is 14.1. The van der Waals surface area contributed by atoms with E-state index in [0.29, 0.717) is 44.2 Å². The van der Waals surface area contributed by atoms with E-state index >= 15 is 0 Å². The number of anilines is 2. The summed E-state index contributed by atoms with van der Waals surface area (Å²) in [6, 6.07) is 8.42. The molecule has 1 amide bonds. The summed E-state index contributed by atoms with van der Waals surface area (Å²) in [5.41, 5.74) is 7.59. The highest BCUT2D eigenvalue weighted by Crippen LogP contribution is 2.32. The molecule has 7 heteroatoms. The van der Waals surface area contributed by atoms with Crippen LogP contribution in [0.15, 0.2) is 35.3 Å². The van der Waals surface area contributed by atoms with Crippen molar-refractivity contribution in [2.24, 2.45) is 4.99 Å². The molecule has 2 aromatic rings. The molecule has 2 aromatic carbocycles. The minimum atomic E-state index is -1.20. The highest BCUT2D eigenvalue weighted by atomic mass is 35.5. The Morgan fingerprint density at radius 1 is 1.17 bits per heavy atom. The second-order valence-corrected chi connectivity index (χ2v) is 9.05. The van der Waals surface area contributed by atoms with E-state index in [1.54, 1.807) is 44.3 Å². The molecule has 0 spiro atoms. The van der Waals surface area contributed by atoms with Crippen molar-refractivity contribution in [3.05, 3.63) is 57.1 Å². The second kappa shape index (κ2) is 9.38. The third-order valence-corrected chi connectivity index (χ3v) is 6.05. The Labute approximate surface area is 187 Å². The lowest BCUT2D eigenvalue weighted by atomic mass is 9.93. The van der Waals surface area contributed by atoms with Crippen LogP contribution in [0.2, 0.25) is 10.0 Å². The van der Waals surface area contributed by atoms with Gasteiger partial charge in [-0.05, 0) is 57.0 Å². The molecule has 1 saturated carbocycles. The summed E-state index contributed by atoms with van der Waals surface area (Å²) in [5.74, 6) is -0.362. The number of nitrogens with zero attached hydrogens (tertiary/aromatic N) is 1. The van der Waals surface area contributed by atoms with Crippen molar-refractivity contribution in [1.82, 2.24) is 0 Å². The minimum absolute atomic E-state index is 0.296. The number of halogens is 2. The van der Waals surface area contributed by atoms with Gasteiger partial charge in [0.2, 0.25) is 0 Å². The van der Waals surface area contributed by atoms with E-state index in [9.17, 15) is 9.90 Å². The lowest BCUT2D eigenvalue weighted by Crippen LogP contribution is -2.22. The first-order chi connectivity index (χ1) is 14.1. The van der Waals surface area contributed by atoms with Gasteiger partial charge < -0.3 is 16.2 Å². The Hall–Kier alpha value is -2.08. The predicted octanol–water partition coefficient (Wildman–Crippen LogP) is 5.81. The van der Waals surface area contributed by atoms with E-state index in [1.165, 1.54) is 25.3 Å². The van der Waals surface area contributed by atoms with Crippen molar-refractivity contribution in [3.63, 3.8) is 0 Å². The van der Waals surface area contributed by atoms with Gasteiger partial charge in [0, 0.05) is 40.3 Å². The summed E-state index contributed by atoms with van der Waals surface area (Å²) in [7, 11) is 0. The summed E-state index contributed by atoms with van der Waals surface area (Å²) < 4.78 is 0. The molecule has 1 fully saturated rings. The Bertz CT molecular complexity index is 962. The molecule has 5 nitrogen and oxygen atoms in total. The minimum Gasteiger partial charge on any atom is -0.398 e. The highest BCUT2D eigenvalue weighted by molar-refractivity contribution is 6.42. The molecule has 0 atom stereocenters. The number of carbonyl (C=O) groups excluding carboxylic acids is 1. The number of hydrogen-bond acceptors (Lipinski definition) is 4. The normalized spacial score (nSPS) is 15.5. The number of carbonyl (C=O) groups is 1. The first kappa shape index (κ1) is 22.6. The largest absolute Gasteiger partial charge is 0.398 e. The number of nitrogens with two attached hydrogens (primary N) is 1. The molecule has 30 heavy (non-hydrogen) atoms. The maximum absolute atomic E-state index is 12.8. The van der Waals surface area contributed by atoms with Crippen LogP contribution in [0.5, 0.6) is 0 Å². The zero-order valence-electron chi connectivity index (χ0n) is 17.2. The number of nitrogens with one attached hydrogen (secondary N) is 1. The fraction of sp³-hybridized carbons (Fsp3) is 0.391. The molecule has 0 aromatic heterocycles. The van der Waals surface area contributed by atoms with Crippen molar-refractivity contribution >= 4 is 46.7 Å². The maximum atomic E-state index is 12.8. The zero-order valence-corrected chi connectivity index (χ0v) is 18.7. The van der Waals surface area contributed by atoms with Gasteiger partial charge in [-0.3, -0.25) is 9.79 Å². The predicted molar refractivity (Wildman–Crippen MR) is 125 cm³/mol. The number of amides is 1. The van der Waals surface area contributed by atoms with Gasteiger partial charge in [-0.2, -0.15) is 0 Å². The molecule has 3 rings (SSSR count). The molecule has 4 N–H and O–H groups in total. The van der Waals surface area contributed by atoms with Crippen molar-refractivity contribution < 1.29 is 9.90 Å².